The van der Waals surface area contributed by atoms with Crippen molar-refractivity contribution in [1.29, 1.82) is 0 Å². The van der Waals surface area contributed by atoms with E-state index >= 15 is 0 Å². The molecule has 3 rings (SSSR count). The molecule has 2 aromatic heterocycles. The zero-order valence-electron chi connectivity index (χ0n) is 15.9. The summed E-state index contributed by atoms with van der Waals surface area (Å²) in [6, 6.07) is 7.18. The molecule has 0 radical (unpaired) electrons. The number of rotatable bonds is 6. The van der Waals surface area contributed by atoms with Crippen molar-refractivity contribution in [2.24, 2.45) is 0 Å². The van der Waals surface area contributed by atoms with Crippen molar-refractivity contribution in [2.45, 2.75) is 40.3 Å². The molecule has 7 heteroatoms. The number of hydrogen-bond donors (Lipinski definition) is 1. The van der Waals surface area contributed by atoms with Crippen LogP contribution in [0.5, 0.6) is 0 Å². The first-order valence-corrected chi connectivity index (χ1v) is 9.26. The number of carbonyl (C=O) groups excluding carboxylic acids is 2. The number of aryl methyl sites for hydroxylation is 1. The van der Waals surface area contributed by atoms with Gasteiger partial charge in [0.1, 0.15) is 6.04 Å². The first-order valence-electron chi connectivity index (χ1n) is 8.89. The van der Waals surface area contributed by atoms with E-state index in [2.05, 4.69) is 10.4 Å². The van der Waals surface area contributed by atoms with Gasteiger partial charge in [0.25, 0.3) is 0 Å². The summed E-state index contributed by atoms with van der Waals surface area (Å²) in [5.74, 6) is -0.127. The number of aromatic nitrogens is 3. The van der Waals surface area contributed by atoms with Crippen molar-refractivity contribution in [3.63, 3.8) is 0 Å². The van der Waals surface area contributed by atoms with Crippen molar-refractivity contribution >= 4 is 34.2 Å². The Morgan fingerprint density at radius 1 is 1.26 bits per heavy atom. The summed E-state index contributed by atoms with van der Waals surface area (Å²) < 4.78 is 3.64. The zero-order valence-corrected chi connectivity index (χ0v) is 16.7. The molecule has 1 unspecified atom stereocenters. The average Bonchev–Trinajstić information content (AvgIpc) is 3.15. The number of halogens is 1. The Kier molecular flexibility index (Phi) is 5.37. The fourth-order valence-electron chi connectivity index (χ4n) is 3.26. The van der Waals surface area contributed by atoms with Crippen LogP contribution in [0.25, 0.3) is 10.9 Å². The largest absolute Gasteiger partial charge is 0.352 e. The molecular weight excluding hydrogens is 364 g/mol. The van der Waals surface area contributed by atoms with Gasteiger partial charge in [0.2, 0.25) is 5.91 Å². The highest BCUT2D eigenvalue weighted by Gasteiger charge is 2.20. The van der Waals surface area contributed by atoms with E-state index in [1.165, 1.54) is 6.92 Å². The molecule has 6 nitrogen and oxygen atoms in total. The first-order chi connectivity index (χ1) is 12.8. The number of nitrogens with one attached hydrogen (secondary N) is 1. The standard InChI is InChI=1S/C20H23ClN4O2/c1-12-19(21)13(2)25(23-12)10-9-22-20(27)14(3)24-11-17(15(4)26)16-7-5-6-8-18(16)24/h5-8,11,14H,9-10H2,1-4H3,(H,22,27). The van der Waals surface area contributed by atoms with Gasteiger partial charge < -0.3 is 9.88 Å². The monoisotopic (exact) mass is 386 g/mol. The van der Waals surface area contributed by atoms with Crippen molar-refractivity contribution in [3.8, 4) is 0 Å². The van der Waals surface area contributed by atoms with E-state index in [0.717, 1.165) is 22.3 Å². The highest BCUT2D eigenvalue weighted by molar-refractivity contribution is 6.31. The van der Waals surface area contributed by atoms with Gasteiger partial charge in [0, 0.05) is 29.2 Å². The summed E-state index contributed by atoms with van der Waals surface area (Å²) in [4.78, 5) is 24.6. The summed E-state index contributed by atoms with van der Waals surface area (Å²) in [5, 5.41) is 8.82. The van der Waals surface area contributed by atoms with Crippen LogP contribution in [0.15, 0.2) is 30.5 Å². The molecule has 1 N–H and O–H groups in total. The smallest absolute Gasteiger partial charge is 0.242 e. The van der Waals surface area contributed by atoms with E-state index in [0.29, 0.717) is 23.7 Å². The number of hydrogen-bond acceptors (Lipinski definition) is 3. The number of ketones is 1. The van der Waals surface area contributed by atoms with E-state index in [9.17, 15) is 9.59 Å². The Labute approximate surface area is 163 Å². The maximum absolute atomic E-state index is 12.6. The molecule has 0 aliphatic heterocycles. The molecule has 0 spiro atoms. The van der Waals surface area contributed by atoms with Crippen LogP contribution in [-0.2, 0) is 11.3 Å². The van der Waals surface area contributed by atoms with Crippen LogP contribution >= 0.6 is 11.6 Å². The fourth-order valence-corrected chi connectivity index (χ4v) is 3.39. The first kappa shape index (κ1) is 19.2. The van der Waals surface area contributed by atoms with E-state index < -0.39 is 6.04 Å². The van der Waals surface area contributed by atoms with Gasteiger partial charge in [-0.2, -0.15) is 5.10 Å². The number of amides is 1. The molecule has 142 valence electrons. The molecule has 1 amide bonds. The van der Waals surface area contributed by atoms with Crippen LogP contribution < -0.4 is 5.32 Å². The normalized spacial score (nSPS) is 12.3. The van der Waals surface area contributed by atoms with Gasteiger partial charge >= 0.3 is 0 Å². The molecule has 0 saturated heterocycles. The fraction of sp³-hybridized carbons (Fsp3) is 0.350. The minimum atomic E-state index is -0.438. The summed E-state index contributed by atoms with van der Waals surface area (Å²) in [6.07, 6.45) is 1.76. The Bertz CT molecular complexity index is 1020. The second-order valence-electron chi connectivity index (χ2n) is 6.70. The Balaban J connectivity index is 1.73. The highest BCUT2D eigenvalue weighted by Crippen LogP contribution is 2.25. The number of para-hydroxylation sites is 1. The predicted octanol–water partition coefficient (Wildman–Crippen LogP) is 3.69. The van der Waals surface area contributed by atoms with E-state index in [1.807, 2.05) is 49.6 Å². The second kappa shape index (κ2) is 7.56. The quantitative estimate of drug-likeness (QED) is 0.657. The van der Waals surface area contributed by atoms with E-state index in [4.69, 9.17) is 11.6 Å². The van der Waals surface area contributed by atoms with Gasteiger partial charge in [-0.25, -0.2) is 0 Å². The van der Waals surface area contributed by atoms with Gasteiger partial charge in [-0.15, -0.1) is 0 Å². The van der Waals surface area contributed by atoms with Crippen LogP contribution in [0.1, 0.15) is 41.6 Å². The van der Waals surface area contributed by atoms with E-state index in [1.54, 1.807) is 10.9 Å². The lowest BCUT2D eigenvalue weighted by molar-refractivity contribution is -0.123. The lowest BCUT2D eigenvalue weighted by Crippen LogP contribution is -2.33. The van der Waals surface area contributed by atoms with Gasteiger partial charge in [-0.3, -0.25) is 14.3 Å². The van der Waals surface area contributed by atoms with Crippen LogP contribution in [0.4, 0.5) is 0 Å². The third kappa shape index (κ3) is 3.62. The van der Waals surface area contributed by atoms with Crippen LogP contribution in [0.2, 0.25) is 5.02 Å². The summed E-state index contributed by atoms with van der Waals surface area (Å²) in [6.45, 7) is 8.11. The third-order valence-corrected chi connectivity index (χ3v) is 5.38. The summed E-state index contributed by atoms with van der Waals surface area (Å²) in [7, 11) is 0. The molecule has 0 aliphatic carbocycles. The zero-order chi connectivity index (χ0) is 19.7. The molecule has 3 aromatic rings. The van der Waals surface area contributed by atoms with E-state index in [-0.39, 0.29) is 11.7 Å². The van der Waals surface area contributed by atoms with Crippen molar-refractivity contribution in [1.82, 2.24) is 19.7 Å². The third-order valence-electron chi connectivity index (χ3n) is 4.83. The molecule has 0 bridgehead atoms. The lowest BCUT2D eigenvalue weighted by Gasteiger charge is -2.15. The van der Waals surface area contributed by atoms with Gasteiger partial charge in [0.05, 0.1) is 23.0 Å². The maximum atomic E-state index is 12.6. The molecular formula is C20H23ClN4O2. The second-order valence-corrected chi connectivity index (χ2v) is 7.08. The summed E-state index contributed by atoms with van der Waals surface area (Å²) >= 11 is 6.15. The van der Waals surface area contributed by atoms with Crippen LogP contribution in [-0.4, -0.2) is 32.6 Å². The van der Waals surface area contributed by atoms with Gasteiger partial charge in [-0.05, 0) is 33.8 Å². The molecule has 27 heavy (non-hydrogen) atoms. The number of carbonyl (C=O) groups is 2. The Morgan fingerprint density at radius 2 is 1.96 bits per heavy atom. The molecule has 0 saturated carbocycles. The minimum absolute atomic E-state index is 0.0148. The minimum Gasteiger partial charge on any atom is -0.352 e. The molecule has 1 aromatic carbocycles. The van der Waals surface area contributed by atoms with Crippen molar-refractivity contribution < 1.29 is 9.59 Å². The van der Waals surface area contributed by atoms with Crippen molar-refractivity contribution in [3.05, 3.63) is 52.4 Å². The molecule has 2 heterocycles. The van der Waals surface area contributed by atoms with Crippen LogP contribution in [0.3, 0.4) is 0 Å². The molecule has 1 atom stereocenters. The molecule has 0 aliphatic rings. The average molecular weight is 387 g/mol. The lowest BCUT2D eigenvalue weighted by atomic mass is 10.1. The number of benzene rings is 1. The highest BCUT2D eigenvalue weighted by atomic mass is 35.5. The molecule has 0 fully saturated rings. The van der Waals surface area contributed by atoms with Crippen LogP contribution in [0, 0.1) is 13.8 Å². The Morgan fingerprint density at radius 3 is 2.59 bits per heavy atom. The maximum Gasteiger partial charge on any atom is 0.242 e. The number of fused-ring (bicyclic) bond motifs is 1. The van der Waals surface area contributed by atoms with Gasteiger partial charge in [0.15, 0.2) is 5.78 Å². The van der Waals surface area contributed by atoms with Crippen molar-refractivity contribution in [2.75, 3.05) is 6.54 Å². The number of nitrogens with zero attached hydrogens (tertiary/aromatic N) is 3. The Hall–Kier alpha value is -2.60. The topological polar surface area (TPSA) is 68.9 Å². The predicted molar refractivity (Wildman–Crippen MR) is 106 cm³/mol. The SMILES string of the molecule is CC(=O)c1cn(C(C)C(=O)NCCn2nc(C)c(Cl)c2C)c2ccccc12. The van der Waals surface area contributed by atoms with Gasteiger partial charge in [-0.1, -0.05) is 29.8 Å². The number of Topliss-reactive ketones (excluding diaryl/α,β-unsaturated/α-hetero) is 1. The summed E-state index contributed by atoms with van der Waals surface area (Å²) in [5.41, 5.74) is 3.17.